The number of hydrogen-bond acceptors (Lipinski definition) is 4. The van der Waals surface area contributed by atoms with Crippen LogP contribution in [0.2, 0.25) is 39.3 Å². The molecule has 0 spiro atoms. The van der Waals surface area contributed by atoms with Crippen molar-refractivity contribution in [2.45, 2.75) is 59.6 Å². The molecule has 0 unspecified atom stereocenters. The fourth-order valence-corrected chi connectivity index (χ4v) is 5.73. The van der Waals surface area contributed by atoms with Crippen molar-refractivity contribution in [2.75, 3.05) is 13.1 Å². The molecule has 0 aliphatic heterocycles. The summed E-state index contributed by atoms with van der Waals surface area (Å²) in [7, 11) is -2.90. The zero-order valence-corrected chi connectivity index (χ0v) is 22.4. The predicted octanol–water partition coefficient (Wildman–Crippen LogP) is 4.73. The van der Waals surface area contributed by atoms with Crippen LogP contribution in [0.25, 0.3) is 0 Å². The van der Waals surface area contributed by atoms with Gasteiger partial charge in [-0.15, -0.1) is 0 Å². The van der Waals surface area contributed by atoms with E-state index in [9.17, 15) is 10.2 Å². The molecule has 168 valence electrons. The van der Waals surface area contributed by atoms with Crippen LogP contribution < -0.4 is 10.4 Å². The molecule has 2 N–H and O–H groups in total. The van der Waals surface area contributed by atoms with Crippen LogP contribution in [0.4, 0.5) is 0 Å². The van der Waals surface area contributed by atoms with E-state index >= 15 is 0 Å². The molecule has 0 fully saturated rings. The van der Waals surface area contributed by atoms with Gasteiger partial charge in [-0.25, -0.2) is 0 Å². The topological polar surface area (TPSA) is 65.2 Å². The van der Waals surface area contributed by atoms with Gasteiger partial charge in [0.15, 0.2) is 0 Å². The highest BCUT2D eigenvalue weighted by atomic mass is 28.3. The van der Waals surface area contributed by atoms with Crippen LogP contribution >= 0.6 is 0 Å². The minimum absolute atomic E-state index is 0.317. The van der Waals surface area contributed by atoms with Crippen molar-refractivity contribution in [1.82, 2.24) is 0 Å². The largest absolute Gasteiger partial charge is 0.507 e. The van der Waals surface area contributed by atoms with Crippen molar-refractivity contribution >= 4 is 39.0 Å². The number of hydrogen-bond donors (Lipinski definition) is 2. The maximum atomic E-state index is 10.4. The predicted molar refractivity (Wildman–Crippen MR) is 141 cm³/mol. The monoisotopic (exact) mass is 454 g/mol. The van der Waals surface area contributed by atoms with E-state index < -0.39 is 16.1 Å². The number of rotatable bonds is 8. The Balaban J connectivity index is 1.99. The number of aliphatic imine (C=N–C) groups is 2. The molecule has 0 aromatic heterocycles. The van der Waals surface area contributed by atoms with Gasteiger partial charge in [0.2, 0.25) is 0 Å². The van der Waals surface area contributed by atoms with Crippen molar-refractivity contribution in [3.63, 3.8) is 0 Å². The normalized spacial score (nSPS) is 12.9. The molecule has 0 aliphatic rings. The summed E-state index contributed by atoms with van der Waals surface area (Å²) in [6, 6.07) is 8.35. The molecule has 0 atom stereocenters. The van der Waals surface area contributed by atoms with Crippen LogP contribution in [0.5, 0.6) is 11.5 Å². The van der Waals surface area contributed by atoms with Gasteiger partial charge >= 0.3 is 0 Å². The average Bonchev–Trinajstić information content (AvgIpc) is 2.65. The third-order valence-electron chi connectivity index (χ3n) is 5.43. The molecule has 0 amide bonds. The molecular weight excluding hydrogens is 416 g/mol. The summed E-state index contributed by atoms with van der Waals surface area (Å²) in [4.78, 5) is 9.00. The minimum Gasteiger partial charge on any atom is -0.507 e. The Kier molecular flexibility index (Phi) is 8.06. The first-order chi connectivity index (χ1) is 14.3. The van der Waals surface area contributed by atoms with Gasteiger partial charge in [-0.05, 0) is 31.4 Å². The number of aryl methyl sites for hydroxylation is 2. The highest BCUT2D eigenvalue weighted by molar-refractivity contribution is 6.89. The van der Waals surface area contributed by atoms with Crippen molar-refractivity contribution < 1.29 is 10.2 Å². The molecule has 31 heavy (non-hydrogen) atoms. The molecule has 2 aromatic rings. The third-order valence-corrected chi connectivity index (χ3v) is 9.47. The minimum atomic E-state index is -1.45. The number of benzene rings is 2. The maximum Gasteiger partial charge on any atom is 0.127 e. The summed E-state index contributed by atoms with van der Waals surface area (Å²) >= 11 is 0. The summed E-state index contributed by atoms with van der Waals surface area (Å²) in [5.41, 5.74) is 3.40. The lowest BCUT2D eigenvalue weighted by atomic mass is 10.1. The first-order valence-corrected chi connectivity index (χ1v) is 18.0. The van der Waals surface area contributed by atoms with E-state index in [2.05, 4.69) is 73.5 Å². The van der Waals surface area contributed by atoms with Crippen LogP contribution in [0.1, 0.15) is 28.7 Å². The van der Waals surface area contributed by atoms with Gasteiger partial charge in [0.05, 0.1) is 16.1 Å². The summed E-state index contributed by atoms with van der Waals surface area (Å²) in [5, 5.41) is 23.4. The van der Waals surface area contributed by atoms with E-state index in [4.69, 9.17) is 0 Å². The Morgan fingerprint density at radius 2 is 1.03 bits per heavy atom. The molecule has 2 rings (SSSR count). The second-order valence-corrected chi connectivity index (χ2v) is 20.5. The average molecular weight is 455 g/mol. The highest BCUT2D eigenvalue weighted by Gasteiger charge is 2.19. The van der Waals surface area contributed by atoms with E-state index in [0.717, 1.165) is 28.7 Å². The number of aromatic hydroxyl groups is 2. The molecule has 0 saturated heterocycles. The zero-order chi connectivity index (χ0) is 23.4. The summed E-state index contributed by atoms with van der Waals surface area (Å²) < 4.78 is 0. The van der Waals surface area contributed by atoms with Gasteiger partial charge < -0.3 is 10.2 Å². The first kappa shape index (κ1) is 25.1. The van der Waals surface area contributed by atoms with Gasteiger partial charge in [0.25, 0.3) is 0 Å². The van der Waals surface area contributed by atoms with Gasteiger partial charge in [0.1, 0.15) is 11.5 Å². The summed E-state index contributed by atoms with van der Waals surface area (Å²) in [6.07, 6.45) is 4.37. The Morgan fingerprint density at radius 1 is 0.677 bits per heavy atom. The second-order valence-electron chi connectivity index (χ2n) is 10.4. The van der Waals surface area contributed by atoms with Crippen LogP contribution in [0.15, 0.2) is 34.3 Å². The lowest BCUT2D eigenvalue weighted by molar-refractivity contribution is 0.470. The number of phenols is 2. The molecule has 0 saturated carbocycles. The van der Waals surface area contributed by atoms with Crippen molar-refractivity contribution in [2.24, 2.45) is 9.98 Å². The molecule has 0 bridgehead atoms. The van der Waals surface area contributed by atoms with Crippen LogP contribution in [0, 0.1) is 13.8 Å². The quantitative estimate of drug-likeness (QED) is 0.344. The molecule has 0 radical (unpaired) electrons. The third kappa shape index (κ3) is 6.90. The molecular formula is C25H38N2O2Si2. The Morgan fingerprint density at radius 3 is 1.35 bits per heavy atom. The molecule has 0 heterocycles. The molecule has 6 heteroatoms. The van der Waals surface area contributed by atoms with Crippen LogP contribution in [0.3, 0.4) is 0 Å². The highest BCUT2D eigenvalue weighted by Crippen LogP contribution is 2.22. The maximum absolute atomic E-state index is 10.4. The van der Waals surface area contributed by atoms with Crippen LogP contribution in [-0.2, 0) is 0 Å². The number of nitrogens with zero attached hydrogens (tertiary/aromatic N) is 2. The molecule has 0 aliphatic carbocycles. The standard InChI is InChI=1S/C25H38N2O2Si2/c1-18-12-22(30(3,4)5)14-20(24(18)28)16-26-10-9-11-27-17-21-15-23(31(6,7)8)13-19(2)25(21)29/h12-17,28-29H,9-11H2,1-8H3. The lowest BCUT2D eigenvalue weighted by Crippen LogP contribution is -2.38. The van der Waals surface area contributed by atoms with Gasteiger partial charge in [0, 0.05) is 36.6 Å². The SMILES string of the molecule is Cc1cc([Si](C)(C)C)cc(C=NCCCN=Cc2cc([Si](C)(C)C)cc(C)c2O)c1O. The molecule has 4 nitrogen and oxygen atoms in total. The van der Waals surface area contributed by atoms with E-state index in [0.29, 0.717) is 24.6 Å². The van der Waals surface area contributed by atoms with E-state index in [1.807, 2.05) is 13.8 Å². The van der Waals surface area contributed by atoms with Crippen molar-refractivity contribution in [1.29, 1.82) is 0 Å². The van der Waals surface area contributed by atoms with E-state index in [-0.39, 0.29) is 0 Å². The van der Waals surface area contributed by atoms with Crippen molar-refractivity contribution in [3.8, 4) is 11.5 Å². The summed E-state index contributed by atoms with van der Waals surface area (Å²) in [5.74, 6) is 0.633. The Hall–Kier alpha value is -2.19. The van der Waals surface area contributed by atoms with E-state index in [1.54, 1.807) is 12.4 Å². The van der Waals surface area contributed by atoms with E-state index in [1.165, 1.54) is 10.4 Å². The zero-order valence-electron chi connectivity index (χ0n) is 20.4. The Labute approximate surface area is 189 Å². The van der Waals surface area contributed by atoms with Gasteiger partial charge in [-0.2, -0.15) is 0 Å². The van der Waals surface area contributed by atoms with Crippen LogP contribution in [-0.4, -0.2) is 51.9 Å². The molecule has 2 aromatic carbocycles. The lowest BCUT2D eigenvalue weighted by Gasteiger charge is -2.19. The number of phenolic OH excluding ortho intramolecular Hbond substituents is 2. The fraction of sp³-hybridized carbons (Fsp3) is 0.440. The smallest absolute Gasteiger partial charge is 0.127 e. The van der Waals surface area contributed by atoms with Gasteiger partial charge in [-0.1, -0.05) is 73.9 Å². The first-order valence-electron chi connectivity index (χ1n) is 11.0. The Bertz CT molecular complexity index is 905. The second kappa shape index (κ2) is 9.96. The van der Waals surface area contributed by atoms with Gasteiger partial charge in [-0.3, -0.25) is 9.98 Å². The fourth-order valence-electron chi connectivity index (χ4n) is 3.26. The summed E-state index contributed by atoms with van der Waals surface area (Å²) in [6.45, 7) is 19.0. The van der Waals surface area contributed by atoms with Crippen molar-refractivity contribution in [3.05, 3.63) is 46.5 Å².